The molecule has 1 N–H and O–H groups in total. The Kier molecular flexibility index (Phi) is 4.16. The Morgan fingerprint density at radius 3 is 2.81 bits per heavy atom. The third-order valence-corrected chi connectivity index (χ3v) is 2.99. The van der Waals surface area contributed by atoms with Crippen molar-refractivity contribution in [2.45, 2.75) is 19.9 Å². The highest BCUT2D eigenvalue weighted by molar-refractivity contribution is 5.47. The van der Waals surface area contributed by atoms with Gasteiger partial charge in [-0.15, -0.1) is 0 Å². The van der Waals surface area contributed by atoms with Crippen molar-refractivity contribution in [3.05, 3.63) is 36.2 Å². The average molecular weight is 287 g/mol. The van der Waals surface area contributed by atoms with Crippen molar-refractivity contribution >= 4 is 0 Å². The van der Waals surface area contributed by atoms with E-state index in [1.165, 1.54) is 0 Å². The Bertz CT molecular complexity index is 602. The molecule has 6 nitrogen and oxygen atoms in total. The summed E-state index contributed by atoms with van der Waals surface area (Å²) in [5, 5.41) is 3.30. The van der Waals surface area contributed by atoms with Gasteiger partial charge in [0.15, 0.2) is 11.5 Å². The van der Waals surface area contributed by atoms with Gasteiger partial charge in [-0.1, -0.05) is 6.92 Å². The van der Waals surface area contributed by atoms with Crippen LogP contribution in [0.3, 0.4) is 0 Å². The van der Waals surface area contributed by atoms with Crippen LogP contribution in [0.25, 0.3) is 0 Å². The van der Waals surface area contributed by atoms with Crippen LogP contribution in [-0.2, 0) is 6.54 Å². The van der Waals surface area contributed by atoms with Crippen LogP contribution in [0.2, 0.25) is 0 Å². The lowest BCUT2D eigenvalue weighted by atomic mass is 10.3. The fraction of sp³-hybridized carbons (Fsp3) is 0.333. The highest BCUT2D eigenvalue weighted by Crippen LogP contribution is 2.35. The molecule has 21 heavy (non-hydrogen) atoms. The molecule has 0 spiro atoms. The van der Waals surface area contributed by atoms with Crippen LogP contribution < -0.4 is 19.5 Å². The largest absolute Gasteiger partial charge is 0.454 e. The third-order valence-electron chi connectivity index (χ3n) is 2.99. The smallest absolute Gasteiger partial charge is 0.321 e. The van der Waals surface area contributed by atoms with Crippen molar-refractivity contribution in [2.75, 3.05) is 13.3 Å². The van der Waals surface area contributed by atoms with Gasteiger partial charge in [-0.05, 0) is 25.1 Å². The number of hydrogen-bond acceptors (Lipinski definition) is 6. The van der Waals surface area contributed by atoms with Crippen LogP contribution >= 0.6 is 0 Å². The second kappa shape index (κ2) is 6.41. The molecule has 1 aliphatic rings. The van der Waals surface area contributed by atoms with Crippen LogP contribution in [-0.4, -0.2) is 23.3 Å². The molecule has 1 aliphatic heterocycles. The van der Waals surface area contributed by atoms with Crippen LogP contribution in [0.15, 0.2) is 30.6 Å². The molecule has 0 unspecified atom stereocenters. The normalized spacial score (nSPS) is 12.4. The quantitative estimate of drug-likeness (QED) is 0.823. The van der Waals surface area contributed by atoms with Crippen LogP contribution in [0.4, 0.5) is 0 Å². The maximum atomic E-state index is 5.61. The van der Waals surface area contributed by atoms with Crippen LogP contribution in [0.1, 0.15) is 18.9 Å². The predicted molar refractivity (Wildman–Crippen MR) is 76.7 cm³/mol. The monoisotopic (exact) mass is 287 g/mol. The van der Waals surface area contributed by atoms with Crippen molar-refractivity contribution in [3.63, 3.8) is 0 Å². The molecule has 0 amide bonds. The van der Waals surface area contributed by atoms with E-state index in [9.17, 15) is 0 Å². The second-order valence-electron chi connectivity index (χ2n) is 4.67. The standard InChI is InChI=1S/C15H17N3O3/c1-2-5-16-7-11-8-17-15(18-9-11)21-12-3-4-13-14(6-12)20-10-19-13/h3-4,6,8-9,16H,2,5,7,10H2,1H3. The molecule has 2 heterocycles. The molecule has 3 rings (SSSR count). The fourth-order valence-corrected chi connectivity index (χ4v) is 1.94. The van der Waals surface area contributed by atoms with E-state index in [-0.39, 0.29) is 6.79 Å². The number of benzene rings is 1. The first-order chi connectivity index (χ1) is 10.3. The summed E-state index contributed by atoms with van der Waals surface area (Å²) >= 11 is 0. The summed E-state index contributed by atoms with van der Waals surface area (Å²) in [6, 6.07) is 5.68. The van der Waals surface area contributed by atoms with Gasteiger partial charge in [-0.2, -0.15) is 0 Å². The molecule has 2 aromatic rings. The van der Waals surface area contributed by atoms with Gasteiger partial charge in [-0.3, -0.25) is 0 Å². The summed E-state index contributed by atoms with van der Waals surface area (Å²) in [5.41, 5.74) is 1.03. The highest BCUT2D eigenvalue weighted by Gasteiger charge is 2.14. The number of rotatable bonds is 6. The number of nitrogens with one attached hydrogen (secondary N) is 1. The minimum absolute atomic E-state index is 0.245. The maximum absolute atomic E-state index is 5.61. The lowest BCUT2D eigenvalue weighted by molar-refractivity contribution is 0.174. The van der Waals surface area contributed by atoms with Crippen LogP contribution in [0.5, 0.6) is 23.3 Å². The molecule has 0 bridgehead atoms. The van der Waals surface area contributed by atoms with Gasteiger partial charge >= 0.3 is 6.01 Å². The maximum Gasteiger partial charge on any atom is 0.321 e. The molecule has 0 fully saturated rings. The summed E-state index contributed by atoms with van der Waals surface area (Å²) < 4.78 is 16.2. The van der Waals surface area contributed by atoms with Crippen molar-refractivity contribution in [2.24, 2.45) is 0 Å². The summed E-state index contributed by atoms with van der Waals surface area (Å²) in [5.74, 6) is 2.02. The first kappa shape index (κ1) is 13.6. The molecular formula is C15H17N3O3. The molecule has 0 saturated carbocycles. The zero-order valence-electron chi connectivity index (χ0n) is 11.8. The topological polar surface area (TPSA) is 65.5 Å². The molecule has 0 aliphatic carbocycles. The Hall–Kier alpha value is -2.34. The molecular weight excluding hydrogens is 270 g/mol. The van der Waals surface area contributed by atoms with Crippen molar-refractivity contribution in [1.29, 1.82) is 0 Å². The molecule has 1 aromatic carbocycles. The Morgan fingerprint density at radius 2 is 2.00 bits per heavy atom. The van der Waals surface area contributed by atoms with Gasteiger partial charge in [0.1, 0.15) is 5.75 Å². The SMILES string of the molecule is CCCNCc1cnc(Oc2ccc3c(c2)OCO3)nc1. The van der Waals surface area contributed by atoms with Gasteiger partial charge in [0, 0.05) is 30.6 Å². The zero-order chi connectivity index (χ0) is 14.5. The van der Waals surface area contributed by atoms with E-state index < -0.39 is 0 Å². The number of hydrogen-bond donors (Lipinski definition) is 1. The minimum atomic E-state index is 0.245. The highest BCUT2D eigenvalue weighted by atomic mass is 16.7. The predicted octanol–water partition coefficient (Wildman–Crippen LogP) is 2.50. The van der Waals surface area contributed by atoms with Crippen molar-refractivity contribution in [3.8, 4) is 23.3 Å². The molecule has 6 heteroatoms. The second-order valence-corrected chi connectivity index (χ2v) is 4.67. The Balaban J connectivity index is 1.62. The summed E-state index contributed by atoms with van der Waals surface area (Å²) in [4.78, 5) is 8.40. The molecule has 0 atom stereocenters. The van der Waals surface area contributed by atoms with E-state index >= 15 is 0 Å². The van der Waals surface area contributed by atoms with Crippen LogP contribution in [0, 0.1) is 0 Å². The molecule has 0 radical (unpaired) electrons. The van der Waals surface area contributed by atoms with Gasteiger partial charge < -0.3 is 19.5 Å². The lowest BCUT2D eigenvalue weighted by Crippen LogP contribution is -2.14. The van der Waals surface area contributed by atoms with E-state index in [0.717, 1.165) is 30.8 Å². The van der Waals surface area contributed by atoms with E-state index in [0.29, 0.717) is 17.5 Å². The first-order valence-corrected chi connectivity index (χ1v) is 6.94. The number of nitrogens with zero attached hydrogens (tertiary/aromatic N) is 2. The number of ether oxygens (including phenoxy) is 3. The molecule has 1 aromatic heterocycles. The van der Waals surface area contributed by atoms with Crippen molar-refractivity contribution < 1.29 is 14.2 Å². The van der Waals surface area contributed by atoms with Gasteiger partial charge in [-0.25, -0.2) is 9.97 Å². The summed E-state index contributed by atoms with van der Waals surface area (Å²) in [6.45, 7) is 4.12. The summed E-state index contributed by atoms with van der Waals surface area (Å²) in [6.07, 6.45) is 4.63. The van der Waals surface area contributed by atoms with Gasteiger partial charge in [0.25, 0.3) is 0 Å². The average Bonchev–Trinajstić information content (AvgIpc) is 2.97. The fourth-order valence-electron chi connectivity index (χ4n) is 1.94. The molecule has 110 valence electrons. The first-order valence-electron chi connectivity index (χ1n) is 6.94. The Morgan fingerprint density at radius 1 is 1.19 bits per heavy atom. The lowest BCUT2D eigenvalue weighted by Gasteiger charge is -2.06. The summed E-state index contributed by atoms with van der Waals surface area (Å²) in [7, 11) is 0. The Labute approximate surface area is 123 Å². The van der Waals surface area contributed by atoms with E-state index in [4.69, 9.17) is 14.2 Å². The molecule has 0 saturated heterocycles. The van der Waals surface area contributed by atoms with Gasteiger partial charge in [0.05, 0.1) is 0 Å². The van der Waals surface area contributed by atoms with Crippen molar-refractivity contribution in [1.82, 2.24) is 15.3 Å². The zero-order valence-corrected chi connectivity index (χ0v) is 11.8. The number of fused-ring (bicyclic) bond motifs is 1. The van der Waals surface area contributed by atoms with E-state index in [1.54, 1.807) is 30.6 Å². The minimum Gasteiger partial charge on any atom is -0.454 e. The third kappa shape index (κ3) is 3.41. The van der Waals surface area contributed by atoms with E-state index in [1.807, 2.05) is 0 Å². The number of aromatic nitrogens is 2. The van der Waals surface area contributed by atoms with Gasteiger partial charge in [0.2, 0.25) is 6.79 Å². The van der Waals surface area contributed by atoms with E-state index in [2.05, 4.69) is 22.2 Å².